The maximum Gasteiger partial charge on any atom is 0.417 e. The normalized spacial score (nSPS) is 12.6. The number of alkyl halides is 3. The van der Waals surface area contributed by atoms with E-state index in [1.165, 1.54) is 6.07 Å². The predicted octanol–water partition coefficient (Wildman–Crippen LogP) is 4.02. The monoisotopic (exact) mass is 284 g/mol. The largest absolute Gasteiger partial charge is 0.478 e. The molecule has 0 amide bonds. The van der Waals surface area contributed by atoms with Crippen molar-refractivity contribution in [2.45, 2.75) is 6.18 Å². The Bertz CT molecular complexity index is 461. The van der Waals surface area contributed by atoms with E-state index in [2.05, 4.69) is 0 Å². The molecule has 1 N–H and O–H groups in total. The maximum atomic E-state index is 12.6. The summed E-state index contributed by atoms with van der Waals surface area (Å²) in [7, 11) is 0. The zero-order valence-electron chi connectivity index (χ0n) is 8.05. The molecule has 0 unspecified atom stereocenters. The van der Waals surface area contributed by atoms with Gasteiger partial charge in [-0.05, 0) is 23.8 Å². The number of allylic oxidation sites excluding steroid dienone is 1. The summed E-state index contributed by atoms with van der Waals surface area (Å²) in [6.45, 7) is 0. The van der Waals surface area contributed by atoms with Crippen LogP contribution in [0.3, 0.4) is 0 Å². The van der Waals surface area contributed by atoms with Crippen molar-refractivity contribution in [2.24, 2.45) is 0 Å². The first-order valence-electron chi connectivity index (χ1n) is 4.18. The summed E-state index contributed by atoms with van der Waals surface area (Å²) in [4.78, 5) is 10.4. The molecular formula is C10H5Cl2F3O2. The van der Waals surface area contributed by atoms with Crippen LogP contribution in [-0.2, 0) is 4.79 Å². The Kier molecular flexibility index (Phi) is 4.06. The number of hydrogen-bond donors (Lipinski definition) is 1. The number of rotatable bonds is 2. The molecule has 92 valence electrons. The number of carbonyl (C=O) groups is 1. The lowest BCUT2D eigenvalue weighted by molar-refractivity contribution is -0.131. The van der Waals surface area contributed by atoms with Crippen LogP contribution in [0.5, 0.6) is 0 Å². The van der Waals surface area contributed by atoms with Crippen LogP contribution in [0.25, 0.3) is 5.57 Å². The number of carboxylic acid groups (broad SMARTS) is 1. The minimum absolute atomic E-state index is 0.00645. The van der Waals surface area contributed by atoms with Crippen molar-refractivity contribution in [3.63, 3.8) is 0 Å². The summed E-state index contributed by atoms with van der Waals surface area (Å²) < 4.78 is 37.8. The molecule has 0 atom stereocenters. The number of halogens is 5. The van der Waals surface area contributed by atoms with Crippen LogP contribution in [0.4, 0.5) is 13.2 Å². The summed E-state index contributed by atoms with van der Waals surface area (Å²) in [5.41, 5.74) is -1.70. The van der Waals surface area contributed by atoms with E-state index >= 15 is 0 Å². The van der Waals surface area contributed by atoms with E-state index in [4.69, 9.17) is 28.3 Å². The Morgan fingerprint density at radius 2 is 1.65 bits per heavy atom. The number of carboxylic acids is 1. The highest BCUT2D eigenvalue weighted by Gasteiger charge is 2.35. The molecule has 0 radical (unpaired) electrons. The van der Waals surface area contributed by atoms with Gasteiger partial charge in [0.2, 0.25) is 0 Å². The second kappa shape index (κ2) is 4.98. The van der Waals surface area contributed by atoms with Gasteiger partial charge >= 0.3 is 12.1 Å². The first-order valence-corrected chi connectivity index (χ1v) is 4.94. The van der Waals surface area contributed by atoms with Crippen molar-refractivity contribution >= 4 is 34.7 Å². The molecule has 1 rings (SSSR count). The van der Waals surface area contributed by atoms with Crippen molar-refractivity contribution in [3.05, 3.63) is 39.9 Å². The Balaban J connectivity index is 3.38. The van der Waals surface area contributed by atoms with Gasteiger partial charge in [-0.1, -0.05) is 23.2 Å². The number of hydrogen-bond acceptors (Lipinski definition) is 1. The fourth-order valence-corrected chi connectivity index (χ4v) is 1.69. The van der Waals surface area contributed by atoms with E-state index in [-0.39, 0.29) is 16.1 Å². The third-order valence-electron chi connectivity index (χ3n) is 1.75. The smallest absolute Gasteiger partial charge is 0.417 e. The lowest BCUT2D eigenvalue weighted by atomic mass is 10.1. The van der Waals surface area contributed by atoms with Crippen molar-refractivity contribution in [3.8, 4) is 0 Å². The van der Waals surface area contributed by atoms with E-state index in [0.717, 1.165) is 12.1 Å². The average molecular weight is 285 g/mol. The van der Waals surface area contributed by atoms with Gasteiger partial charge in [-0.3, -0.25) is 0 Å². The lowest BCUT2D eigenvalue weighted by Crippen LogP contribution is -2.12. The molecule has 0 aromatic heterocycles. The SMILES string of the molecule is O=C(O)/C=C(/c1cc(Cl)cc(Cl)c1)C(F)(F)F. The molecule has 0 fully saturated rings. The van der Waals surface area contributed by atoms with Gasteiger partial charge in [-0.15, -0.1) is 0 Å². The topological polar surface area (TPSA) is 37.3 Å². The van der Waals surface area contributed by atoms with E-state index in [0.29, 0.717) is 0 Å². The first kappa shape index (κ1) is 13.9. The minimum atomic E-state index is -4.80. The van der Waals surface area contributed by atoms with Crippen molar-refractivity contribution in [1.29, 1.82) is 0 Å². The lowest BCUT2D eigenvalue weighted by Gasteiger charge is -2.11. The predicted molar refractivity (Wildman–Crippen MR) is 58.1 cm³/mol. The molecule has 1 aromatic rings. The quantitative estimate of drug-likeness (QED) is 0.833. The third-order valence-corrected chi connectivity index (χ3v) is 2.18. The van der Waals surface area contributed by atoms with Crippen LogP contribution in [-0.4, -0.2) is 17.3 Å². The van der Waals surface area contributed by atoms with Gasteiger partial charge < -0.3 is 5.11 Å². The van der Waals surface area contributed by atoms with Gasteiger partial charge in [0.05, 0.1) is 5.57 Å². The maximum absolute atomic E-state index is 12.6. The molecule has 0 aliphatic heterocycles. The number of aliphatic carboxylic acids is 1. The molecule has 0 bridgehead atoms. The Labute approximate surface area is 104 Å². The summed E-state index contributed by atoms with van der Waals surface area (Å²) in [6, 6.07) is 3.24. The van der Waals surface area contributed by atoms with Crippen LogP contribution >= 0.6 is 23.2 Å². The summed E-state index contributed by atoms with van der Waals surface area (Å²) >= 11 is 11.1. The number of benzene rings is 1. The second-order valence-electron chi connectivity index (χ2n) is 3.05. The Morgan fingerprint density at radius 1 is 1.18 bits per heavy atom. The highest BCUT2D eigenvalue weighted by Crippen LogP contribution is 2.35. The molecule has 0 saturated carbocycles. The molecule has 0 saturated heterocycles. The fraction of sp³-hybridized carbons (Fsp3) is 0.100. The Morgan fingerprint density at radius 3 is 2.00 bits per heavy atom. The van der Waals surface area contributed by atoms with Crippen LogP contribution in [0.15, 0.2) is 24.3 Å². The van der Waals surface area contributed by atoms with Crippen molar-refractivity contribution in [1.82, 2.24) is 0 Å². The highest BCUT2D eigenvalue weighted by molar-refractivity contribution is 6.34. The zero-order valence-corrected chi connectivity index (χ0v) is 9.57. The van der Waals surface area contributed by atoms with Gasteiger partial charge in [0.25, 0.3) is 0 Å². The van der Waals surface area contributed by atoms with E-state index in [9.17, 15) is 18.0 Å². The molecule has 1 aromatic carbocycles. The standard InChI is InChI=1S/C10H5Cl2F3O2/c11-6-1-5(2-7(12)3-6)8(4-9(16)17)10(13,14)15/h1-4H,(H,16,17)/b8-4-. The molecule has 7 heteroatoms. The molecule has 0 aliphatic rings. The van der Waals surface area contributed by atoms with E-state index < -0.39 is 23.3 Å². The van der Waals surface area contributed by atoms with Crippen LogP contribution < -0.4 is 0 Å². The average Bonchev–Trinajstić information content (AvgIpc) is 2.10. The van der Waals surface area contributed by atoms with Crippen molar-refractivity contribution < 1.29 is 23.1 Å². The third kappa shape index (κ3) is 3.94. The van der Waals surface area contributed by atoms with Gasteiger partial charge in [-0.25, -0.2) is 4.79 Å². The molecule has 2 nitrogen and oxygen atoms in total. The first-order chi connectivity index (χ1) is 7.70. The van der Waals surface area contributed by atoms with Crippen molar-refractivity contribution in [2.75, 3.05) is 0 Å². The van der Waals surface area contributed by atoms with E-state index in [1.54, 1.807) is 0 Å². The fourth-order valence-electron chi connectivity index (χ4n) is 1.16. The van der Waals surface area contributed by atoms with Gasteiger partial charge in [0.1, 0.15) is 0 Å². The highest BCUT2D eigenvalue weighted by atomic mass is 35.5. The van der Waals surface area contributed by atoms with Gasteiger partial charge in [0, 0.05) is 16.1 Å². The molecular weight excluding hydrogens is 280 g/mol. The summed E-state index contributed by atoms with van der Waals surface area (Å²) in [6.07, 6.45) is -4.73. The minimum Gasteiger partial charge on any atom is -0.478 e. The molecule has 0 aliphatic carbocycles. The Hall–Kier alpha value is -1.20. The van der Waals surface area contributed by atoms with Crippen LogP contribution in [0, 0.1) is 0 Å². The van der Waals surface area contributed by atoms with Gasteiger partial charge in [-0.2, -0.15) is 13.2 Å². The van der Waals surface area contributed by atoms with Crippen LogP contribution in [0.1, 0.15) is 5.56 Å². The second-order valence-corrected chi connectivity index (χ2v) is 3.93. The van der Waals surface area contributed by atoms with Crippen LogP contribution in [0.2, 0.25) is 10.0 Å². The molecule has 17 heavy (non-hydrogen) atoms. The summed E-state index contributed by atoms with van der Waals surface area (Å²) in [5, 5.41) is 8.39. The van der Waals surface area contributed by atoms with E-state index in [1.807, 2.05) is 0 Å². The summed E-state index contributed by atoms with van der Waals surface area (Å²) in [5.74, 6) is -1.70. The molecule has 0 heterocycles. The zero-order chi connectivity index (χ0) is 13.2. The molecule has 0 spiro atoms. The van der Waals surface area contributed by atoms with Gasteiger partial charge in [0.15, 0.2) is 0 Å².